The third kappa shape index (κ3) is 2.01. The van der Waals surface area contributed by atoms with Crippen LogP contribution in [0.3, 0.4) is 0 Å². The topological polar surface area (TPSA) is 92.5 Å². The van der Waals surface area contributed by atoms with Crippen molar-refractivity contribution in [2.24, 2.45) is 0 Å². The Labute approximate surface area is 126 Å². The highest BCUT2D eigenvalue weighted by Gasteiger charge is 2.05. The lowest BCUT2D eigenvalue weighted by molar-refractivity contribution is 1.13. The number of rotatable bonds is 2. The van der Waals surface area contributed by atoms with Crippen molar-refractivity contribution in [2.75, 3.05) is 11.1 Å². The summed E-state index contributed by atoms with van der Waals surface area (Å²) in [4.78, 5) is 8.94. The molecule has 0 aliphatic heterocycles. The van der Waals surface area contributed by atoms with Gasteiger partial charge in [0.25, 0.3) is 0 Å². The SMILES string of the molecule is Cc1cccc2cnc(Nc3ccc4c(N)n[nH]c4c3)nc12. The summed E-state index contributed by atoms with van der Waals surface area (Å²) in [5.41, 5.74) is 9.60. The van der Waals surface area contributed by atoms with E-state index in [9.17, 15) is 0 Å². The molecule has 0 bridgehead atoms. The van der Waals surface area contributed by atoms with Gasteiger partial charge in [0.1, 0.15) is 0 Å². The molecule has 0 fully saturated rings. The van der Waals surface area contributed by atoms with Crippen molar-refractivity contribution in [3.05, 3.63) is 48.2 Å². The van der Waals surface area contributed by atoms with Gasteiger partial charge in [-0.2, -0.15) is 5.10 Å². The largest absolute Gasteiger partial charge is 0.382 e. The molecule has 2 aromatic heterocycles. The molecule has 0 spiro atoms. The van der Waals surface area contributed by atoms with Crippen molar-refractivity contribution in [3.8, 4) is 0 Å². The van der Waals surface area contributed by atoms with Gasteiger partial charge in [0, 0.05) is 22.7 Å². The predicted molar refractivity (Wildman–Crippen MR) is 88.1 cm³/mol. The van der Waals surface area contributed by atoms with Crippen LogP contribution in [-0.2, 0) is 0 Å². The molecule has 0 amide bonds. The number of hydrogen-bond acceptors (Lipinski definition) is 5. The molecule has 108 valence electrons. The number of hydrogen-bond donors (Lipinski definition) is 3. The molecule has 2 aromatic carbocycles. The number of aromatic amines is 1. The number of nitrogens with zero attached hydrogens (tertiary/aromatic N) is 3. The fourth-order valence-corrected chi connectivity index (χ4v) is 2.51. The van der Waals surface area contributed by atoms with Crippen LogP contribution in [0.5, 0.6) is 0 Å². The summed E-state index contributed by atoms with van der Waals surface area (Å²) in [6, 6.07) is 11.8. The average molecular weight is 290 g/mol. The number of nitrogens with one attached hydrogen (secondary N) is 2. The molecule has 0 unspecified atom stereocenters. The molecule has 4 rings (SSSR count). The number of nitrogens with two attached hydrogens (primary N) is 1. The van der Waals surface area contributed by atoms with Crippen LogP contribution < -0.4 is 11.1 Å². The van der Waals surface area contributed by atoms with Gasteiger partial charge in [-0.05, 0) is 30.7 Å². The standard InChI is InChI=1S/C16H14N6/c1-9-3-2-4-10-8-18-16(20-14(9)10)19-11-5-6-12-13(7-11)21-22-15(12)17/h2-8H,1H3,(H3,17,21,22)(H,18,19,20). The Morgan fingerprint density at radius 1 is 1.18 bits per heavy atom. The van der Waals surface area contributed by atoms with Crippen molar-refractivity contribution in [1.29, 1.82) is 0 Å². The Morgan fingerprint density at radius 3 is 3.00 bits per heavy atom. The fourth-order valence-electron chi connectivity index (χ4n) is 2.51. The van der Waals surface area contributed by atoms with E-state index in [4.69, 9.17) is 5.73 Å². The molecule has 0 saturated carbocycles. The van der Waals surface area contributed by atoms with Crippen LogP contribution in [0.4, 0.5) is 17.5 Å². The Bertz CT molecular complexity index is 988. The smallest absolute Gasteiger partial charge is 0.227 e. The normalized spacial score (nSPS) is 11.1. The van der Waals surface area contributed by atoms with Crippen LogP contribution >= 0.6 is 0 Å². The molecule has 2 heterocycles. The molecular weight excluding hydrogens is 276 g/mol. The molecule has 4 N–H and O–H groups in total. The minimum Gasteiger partial charge on any atom is -0.382 e. The molecule has 22 heavy (non-hydrogen) atoms. The molecule has 4 aromatic rings. The van der Waals surface area contributed by atoms with Crippen molar-refractivity contribution in [2.45, 2.75) is 6.92 Å². The second kappa shape index (κ2) is 4.70. The second-order valence-corrected chi connectivity index (χ2v) is 5.20. The van der Waals surface area contributed by atoms with Gasteiger partial charge in [-0.15, -0.1) is 0 Å². The van der Waals surface area contributed by atoms with Crippen molar-refractivity contribution >= 4 is 39.3 Å². The Morgan fingerprint density at radius 2 is 2.09 bits per heavy atom. The first kappa shape index (κ1) is 12.6. The van der Waals surface area contributed by atoms with Gasteiger partial charge in [-0.3, -0.25) is 5.10 Å². The minimum atomic E-state index is 0.499. The summed E-state index contributed by atoms with van der Waals surface area (Å²) in [5.74, 6) is 1.06. The number of anilines is 3. The number of fused-ring (bicyclic) bond motifs is 2. The third-order valence-electron chi connectivity index (χ3n) is 3.66. The molecule has 0 atom stereocenters. The maximum atomic E-state index is 5.77. The molecule has 0 saturated heterocycles. The second-order valence-electron chi connectivity index (χ2n) is 5.20. The molecule has 0 aliphatic rings. The highest BCUT2D eigenvalue weighted by atomic mass is 15.2. The first-order chi connectivity index (χ1) is 10.7. The van der Waals surface area contributed by atoms with E-state index < -0.39 is 0 Å². The zero-order valence-electron chi connectivity index (χ0n) is 12.0. The van der Waals surface area contributed by atoms with Gasteiger partial charge < -0.3 is 11.1 Å². The predicted octanol–water partition coefficient (Wildman–Crippen LogP) is 3.14. The van der Waals surface area contributed by atoms with E-state index in [0.29, 0.717) is 11.8 Å². The quantitative estimate of drug-likeness (QED) is 0.527. The maximum absolute atomic E-state index is 5.77. The van der Waals surface area contributed by atoms with Crippen LogP contribution in [0, 0.1) is 6.92 Å². The van der Waals surface area contributed by atoms with Gasteiger partial charge in [-0.25, -0.2) is 9.97 Å². The van der Waals surface area contributed by atoms with Crippen molar-refractivity contribution < 1.29 is 0 Å². The van der Waals surface area contributed by atoms with Gasteiger partial charge in [0.15, 0.2) is 5.82 Å². The summed E-state index contributed by atoms with van der Waals surface area (Å²) in [7, 11) is 0. The Hall–Kier alpha value is -3.15. The van der Waals surface area contributed by atoms with Crippen LogP contribution in [0.1, 0.15) is 5.56 Å². The van der Waals surface area contributed by atoms with Gasteiger partial charge in [0.05, 0.1) is 11.0 Å². The number of H-pyrrole nitrogens is 1. The Kier molecular flexibility index (Phi) is 2.69. The van der Waals surface area contributed by atoms with E-state index in [0.717, 1.165) is 33.1 Å². The minimum absolute atomic E-state index is 0.499. The lowest BCUT2D eigenvalue weighted by Gasteiger charge is -2.07. The highest BCUT2D eigenvalue weighted by molar-refractivity contribution is 5.91. The maximum Gasteiger partial charge on any atom is 0.227 e. The van der Waals surface area contributed by atoms with E-state index in [1.807, 2.05) is 49.5 Å². The number of aryl methyl sites for hydroxylation is 1. The first-order valence-electron chi connectivity index (χ1n) is 6.94. The lowest BCUT2D eigenvalue weighted by atomic mass is 10.1. The zero-order chi connectivity index (χ0) is 15.1. The van der Waals surface area contributed by atoms with Crippen LogP contribution in [0.2, 0.25) is 0 Å². The van der Waals surface area contributed by atoms with Crippen LogP contribution in [-0.4, -0.2) is 20.2 Å². The summed E-state index contributed by atoms with van der Waals surface area (Å²) in [6.45, 7) is 2.04. The molecule has 0 radical (unpaired) electrons. The molecule has 0 aliphatic carbocycles. The summed E-state index contributed by atoms with van der Waals surface area (Å²) < 4.78 is 0. The molecule has 6 nitrogen and oxygen atoms in total. The first-order valence-corrected chi connectivity index (χ1v) is 6.94. The summed E-state index contributed by atoms with van der Waals surface area (Å²) in [6.07, 6.45) is 1.82. The van der Waals surface area contributed by atoms with Gasteiger partial charge >= 0.3 is 0 Å². The van der Waals surface area contributed by atoms with Crippen molar-refractivity contribution in [1.82, 2.24) is 20.2 Å². The average Bonchev–Trinajstić information content (AvgIpc) is 2.89. The molecular formula is C16H14N6. The summed E-state index contributed by atoms with van der Waals surface area (Å²) in [5, 5.41) is 12.0. The number of para-hydroxylation sites is 1. The molecule has 6 heteroatoms. The van der Waals surface area contributed by atoms with E-state index in [-0.39, 0.29) is 0 Å². The van der Waals surface area contributed by atoms with Crippen molar-refractivity contribution in [3.63, 3.8) is 0 Å². The van der Waals surface area contributed by atoms with E-state index in [1.54, 1.807) is 0 Å². The number of aromatic nitrogens is 4. The number of nitrogen functional groups attached to an aromatic ring is 1. The number of benzene rings is 2. The van der Waals surface area contributed by atoms with E-state index >= 15 is 0 Å². The lowest BCUT2D eigenvalue weighted by Crippen LogP contribution is -1.97. The third-order valence-corrected chi connectivity index (χ3v) is 3.66. The monoisotopic (exact) mass is 290 g/mol. The van der Waals surface area contributed by atoms with Crippen LogP contribution in [0.25, 0.3) is 21.8 Å². The van der Waals surface area contributed by atoms with Crippen LogP contribution in [0.15, 0.2) is 42.6 Å². The van der Waals surface area contributed by atoms with Gasteiger partial charge in [0.2, 0.25) is 5.95 Å². The Balaban J connectivity index is 1.73. The zero-order valence-corrected chi connectivity index (χ0v) is 12.0. The van der Waals surface area contributed by atoms with Gasteiger partial charge in [-0.1, -0.05) is 18.2 Å². The fraction of sp³-hybridized carbons (Fsp3) is 0.0625. The van der Waals surface area contributed by atoms with E-state index in [1.165, 1.54) is 0 Å². The van der Waals surface area contributed by atoms with E-state index in [2.05, 4.69) is 25.5 Å². The summed E-state index contributed by atoms with van der Waals surface area (Å²) >= 11 is 0. The highest BCUT2D eigenvalue weighted by Crippen LogP contribution is 2.24.